The second kappa shape index (κ2) is 3.90. The molecule has 1 aromatic carbocycles. The van der Waals surface area contributed by atoms with Gasteiger partial charge in [0.1, 0.15) is 5.82 Å². The minimum absolute atomic E-state index is 0.200. The molecular weight excluding hydrogens is 277 g/mol. The maximum Gasteiger partial charge on any atom is 0.340 e. The molecule has 3 nitrogen and oxygen atoms in total. The number of halogens is 2. The Hall–Kier alpha value is -1.36. The minimum atomic E-state index is -0.557. The number of aromatic amines is 1. The molecular formula is C11H9BrFNO2. The fourth-order valence-corrected chi connectivity index (χ4v) is 2.06. The Morgan fingerprint density at radius 3 is 2.81 bits per heavy atom. The summed E-state index contributed by atoms with van der Waals surface area (Å²) in [5.41, 5.74) is 1.63. The number of carbonyl (C=O) groups is 1. The maximum atomic E-state index is 13.5. The molecule has 2 rings (SSSR count). The number of nitrogens with one attached hydrogen (secondary N) is 1. The van der Waals surface area contributed by atoms with Crippen molar-refractivity contribution in [2.75, 3.05) is 7.11 Å². The molecule has 0 aliphatic heterocycles. The van der Waals surface area contributed by atoms with Crippen molar-refractivity contribution < 1.29 is 13.9 Å². The number of aryl methyl sites for hydroxylation is 1. The summed E-state index contributed by atoms with van der Waals surface area (Å²) in [5.74, 6) is -1.04. The predicted molar refractivity (Wildman–Crippen MR) is 62.0 cm³/mol. The van der Waals surface area contributed by atoms with E-state index in [2.05, 4.69) is 25.7 Å². The molecule has 0 fully saturated rings. The van der Waals surface area contributed by atoms with E-state index in [4.69, 9.17) is 0 Å². The topological polar surface area (TPSA) is 42.1 Å². The van der Waals surface area contributed by atoms with Crippen molar-refractivity contribution in [1.82, 2.24) is 4.98 Å². The van der Waals surface area contributed by atoms with Gasteiger partial charge in [-0.05, 0) is 35.0 Å². The zero-order valence-corrected chi connectivity index (χ0v) is 10.3. The number of ether oxygens (including phenoxy) is 1. The van der Waals surface area contributed by atoms with Gasteiger partial charge in [0, 0.05) is 11.1 Å². The fourth-order valence-electron chi connectivity index (χ4n) is 1.64. The molecule has 5 heteroatoms. The molecule has 1 N–H and O–H groups in total. The van der Waals surface area contributed by atoms with Crippen LogP contribution in [0.15, 0.2) is 16.6 Å². The summed E-state index contributed by atoms with van der Waals surface area (Å²) in [7, 11) is 1.27. The van der Waals surface area contributed by atoms with Crippen LogP contribution >= 0.6 is 15.9 Å². The van der Waals surface area contributed by atoms with Crippen LogP contribution in [0.25, 0.3) is 10.9 Å². The van der Waals surface area contributed by atoms with Crippen LogP contribution in [0.5, 0.6) is 0 Å². The summed E-state index contributed by atoms with van der Waals surface area (Å²) in [6.45, 7) is 1.84. The average Bonchev–Trinajstić information content (AvgIpc) is 2.64. The van der Waals surface area contributed by atoms with Crippen molar-refractivity contribution in [2.45, 2.75) is 6.92 Å². The van der Waals surface area contributed by atoms with E-state index in [1.165, 1.54) is 7.11 Å². The second-order valence-corrected chi connectivity index (χ2v) is 4.25. The summed E-state index contributed by atoms with van der Waals surface area (Å²) in [5, 5.41) is 0.637. The van der Waals surface area contributed by atoms with E-state index >= 15 is 0 Å². The Kier molecular flexibility index (Phi) is 2.71. The van der Waals surface area contributed by atoms with Gasteiger partial charge in [0.2, 0.25) is 0 Å². The lowest BCUT2D eigenvalue weighted by Gasteiger charge is -2.03. The highest BCUT2D eigenvalue weighted by atomic mass is 79.9. The molecule has 2 aromatic rings. The van der Waals surface area contributed by atoms with Crippen LogP contribution in [0.2, 0.25) is 0 Å². The Balaban J connectivity index is 2.84. The molecule has 84 valence electrons. The van der Waals surface area contributed by atoms with Gasteiger partial charge in [0.05, 0.1) is 22.7 Å². The van der Waals surface area contributed by atoms with Crippen molar-refractivity contribution in [2.24, 2.45) is 0 Å². The summed E-state index contributed by atoms with van der Waals surface area (Å²) < 4.78 is 18.5. The highest BCUT2D eigenvalue weighted by Gasteiger charge is 2.17. The molecule has 1 aromatic heterocycles. The lowest BCUT2D eigenvalue weighted by Crippen LogP contribution is -2.03. The molecule has 0 unspecified atom stereocenters. The minimum Gasteiger partial charge on any atom is -0.465 e. The monoisotopic (exact) mass is 285 g/mol. The number of rotatable bonds is 1. The normalized spacial score (nSPS) is 10.8. The van der Waals surface area contributed by atoms with Gasteiger partial charge in [0.25, 0.3) is 0 Å². The van der Waals surface area contributed by atoms with Crippen LogP contribution in [-0.4, -0.2) is 18.1 Å². The number of benzene rings is 1. The van der Waals surface area contributed by atoms with E-state index in [-0.39, 0.29) is 5.56 Å². The number of fused-ring (bicyclic) bond motifs is 1. The quantitative estimate of drug-likeness (QED) is 0.818. The first-order valence-corrected chi connectivity index (χ1v) is 5.39. The van der Waals surface area contributed by atoms with Crippen LogP contribution in [0, 0.1) is 12.7 Å². The van der Waals surface area contributed by atoms with Crippen molar-refractivity contribution >= 4 is 32.8 Å². The van der Waals surface area contributed by atoms with E-state index in [1.54, 1.807) is 6.07 Å². The van der Waals surface area contributed by atoms with Crippen molar-refractivity contribution in [1.29, 1.82) is 0 Å². The van der Waals surface area contributed by atoms with Gasteiger partial charge in [0.15, 0.2) is 0 Å². The fraction of sp³-hybridized carbons (Fsp3) is 0.182. The van der Waals surface area contributed by atoms with Gasteiger partial charge >= 0.3 is 5.97 Å². The van der Waals surface area contributed by atoms with Gasteiger partial charge in [-0.2, -0.15) is 0 Å². The number of methoxy groups -OCH3 is 1. The Bertz CT molecular complexity index is 577. The van der Waals surface area contributed by atoms with Crippen LogP contribution in [0.4, 0.5) is 4.39 Å². The third-order valence-electron chi connectivity index (χ3n) is 2.34. The Morgan fingerprint density at radius 1 is 1.50 bits per heavy atom. The highest BCUT2D eigenvalue weighted by Crippen LogP contribution is 2.30. The third kappa shape index (κ3) is 1.61. The largest absolute Gasteiger partial charge is 0.465 e. The van der Waals surface area contributed by atoms with Gasteiger partial charge in [-0.3, -0.25) is 0 Å². The highest BCUT2D eigenvalue weighted by molar-refractivity contribution is 9.10. The predicted octanol–water partition coefficient (Wildman–Crippen LogP) is 3.16. The molecule has 0 aliphatic carbocycles. The van der Waals surface area contributed by atoms with Crippen LogP contribution in [0.3, 0.4) is 0 Å². The lowest BCUT2D eigenvalue weighted by molar-refractivity contribution is 0.0602. The number of carbonyl (C=O) groups excluding carboxylic acids is 1. The zero-order chi connectivity index (χ0) is 11.9. The van der Waals surface area contributed by atoms with E-state index in [0.29, 0.717) is 15.4 Å². The first-order valence-electron chi connectivity index (χ1n) is 4.60. The van der Waals surface area contributed by atoms with Gasteiger partial charge < -0.3 is 9.72 Å². The molecule has 0 aliphatic rings. The SMILES string of the molecule is COC(=O)c1cc(F)c(Br)c2cc(C)[nH]c12. The summed E-state index contributed by atoms with van der Waals surface area (Å²) in [6, 6.07) is 2.93. The standard InChI is InChI=1S/C11H9BrFNO2/c1-5-3-6-9(12)8(13)4-7(10(6)14-5)11(15)16-2/h3-4,14H,1-2H3. The Labute approximate surface area is 99.7 Å². The van der Waals surface area contributed by atoms with Gasteiger partial charge in [-0.25, -0.2) is 9.18 Å². The van der Waals surface area contributed by atoms with Crippen LogP contribution in [-0.2, 0) is 4.74 Å². The van der Waals surface area contributed by atoms with Crippen molar-refractivity contribution in [3.05, 3.63) is 33.7 Å². The number of aromatic nitrogens is 1. The second-order valence-electron chi connectivity index (χ2n) is 3.45. The zero-order valence-electron chi connectivity index (χ0n) is 8.73. The lowest BCUT2D eigenvalue weighted by atomic mass is 10.1. The van der Waals surface area contributed by atoms with Crippen molar-refractivity contribution in [3.63, 3.8) is 0 Å². The molecule has 16 heavy (non-hydrogen) atoms. The van der Waals surface area contributed by atoms with Crippen LogP contribution in [0.1, 0.15) is 16.1 Å². The van der Waals surface area contributed by atoms with E-state index in [0.717, 1.165) is 11.8 Å². The smallest absolute Gasteiger partial charge is 0.340 e. The van der Waals surface area contributed by atoms with E-state index < -0.39 is 11.8 Å². The molecule has 0 spiro atoms. The Morgan fingerprint density at radius 2 is 2.19 bits per heavy atom. The first-order chi connectivity index (χ1) is 7.54. The summed E-state index contributed by atoms with van der Waals surface area (Å²) >= 11 is 3.15. The molecule has 0 amide bonds. The molecule has 0 bridgehead atoms. The number of hydrogen-bond donors (Lipinski definition) is 1. The summed E-state index contributed by atoms with van der Waals surface area (Å²) in [6.07, 6.45) is 0. The van der Waals surface area contributed by atoms with Gasteiger partial charge in [-0.1, -0.05) is 0 Å². The molecule has 0 radical (unpaired) electrons. The van der Waals surface area contributed by atoms with Crippen LogP contribution < -0.4 is 0 Å². The summed E-state index contributed by atoms with van der Waals surface area (Å²) in [4.78, 5) is 14.5. The first kappa shape index (κ1) is 11.1. The molecule has 1 heterocycles. The van der Waals surface area contributed by atoms with Gasteiger partial charge in [-0.15, -0.1) is 0 Å². The number of esters is 1. The van der Waals surface area contributed by atoms with Crippen molar-refractivity contribution in [3.8, 4) is 0 Å². The maximum absolute atomic E-state index is 13.5. The molecule has 0 atom stereocenters. The molecule has 0 saturated heterocycles. The van der Waals surface area contributed by atoms with E-state index in [9.17, 15) is 9.18 Å². The number of hydrogen-bond acceptors (Lipinski definition) is 2. The average molecular weight is 286 g/mol. The third-order valence-corrected chi connectivity index (χ3v) is 3.15. The molecule has 0 saturated carbocycles. The van der Waals surface area contributed by atoms with E-state index in [1.807, 2.05) is 6.92 Å². The number of H-pyrrole nitrogens is 1.